The van der Waals surface area contributed by atoms with Gasteiger partial charge in [-0.25, -0.2) is 13.6 Å². The topological polar surface area (TPSA) is 205 Å². The molecule has 5 N–H and O–H groups in total. The van der Waals surface area contributed by atoms with E-state index in [-0.39, 0.29) is 38.3 Å². The van der Waals surface area contributed by atoms with Gasteiger partial charge in [-0.15, -0.1) is 17.4 Å². The minimum atomic E-state index is -0.478. The molecular weight excluding hydrogens is 962 g/mol. The van der Waals surface area contributed by atoms with E-state index < -0.39 is 5.97 Å². The normalized spacial score (nSPS) is 9.99. The van der Waals surface area contributed by atoms with Gasteiger partial charge in [0.15, 0.2) is 0 Å². The first kappa shape index (κ1) is 57.3. The van der Waals surface area contributed by atoms with Crippen molar-refractivity contribution in [2.24, 2.45) is 5.73 Å². The van der Waals surface area contributed by atoms with E-state index in [1.165, 1.54) is 36.7 Å². The third-order valence-electron chi connectivity index (χ3n) is 10.6. The third-order valence-corrected chi connectivity index (χ3v) is 10.6. The molecule has 0 bridgehead atoms. The van der Waals surface area contributed by atoms with Crippen LogP contribution < -0.4 is 21.7 Å². The molecule has 0 saturated heterocycles. The van der Waals surface area contributed by atoms with Gasteiger partial charge >= 0.3 is 5.97 Å². The average molecular weight is 1020 g/mol. The highest BCUT2D eigenvalue weighted by Gasteiger charge is 2.18. The van der Waals surface area contributed by atoms with Crippen LogP contribution in [0.4, 0.5) is 20.2 Å². The van der Waals surface area contributed by atoms with Crippen LogP contribution in [0.3, 0.4) is 0 Å². The van der Waals surface area contributed by atoms with Gasteiger partial charge in [-0.2, -0.15) is 10.5 Å². The SMILES string of the molecule is CCOC(=O)c1cnc(-c2ccccc2C#N)cc1NCCc1cccc(F)c1.N#Cc1ccccc1-c1cc(NCCc2cccc(F)c2)c(C(=O)NCc2cccnc2)cn1.NCc1cccnc1.[CH3][Al]([CH3])[CH3]. The Labute approximate surface area is 441 Å². The van der Waals surface area contributed by atoms with Gasteiger partial charge in [0.2, 0.25) is 0 Å². The van der Waals surface area contributed by atoms with Crippen molar-refractivity contribution in [1.82, 2.24) is 25.3 Å². The second kappa shape index (κ2) is 31.1. The molecule has 0 saturated carbocycles. The molecule has 0 spiro atoms. The number of pyridine rings is 4. The summed E-state index contributed by atoms with van der Waals surface area (Å²) in [6.07, 6.45) is 11.0. The van der Waals surface area contributed by atoms with Crippen molar-refractivity contribution in [3.05, 3.63) is 227 Å². The summed E-state index contributed by atoms with van der Waals surface area (Å²) in [6.45, 7) is 3.86. The summed E-state index contributed by atoms with van der Waals surface area (Å²) < 4.78 is 32.0. The maximum absolute atomic E-state index is 13.5. The number of anilines is 2. The monoisotopic (exact) mass is 1020 g/mol. The first-order chi connectivity index (χ1) is 36.4. The van der Waals surface area contributed by atoms with Crippen LogP contribution in [0.1, 0.15) is 61.0 Å². The summed E-state index contributed by atoms with van der Waals surface area (Å²) in [5, 5.41) is 28.2. The van der Waals surface area contributed by atoms with E-state index in [1.54, 1.807) is 86.3 Å². The van der Waals surface area contributed by atoms with E-state index in [9.17, 15) is 28.9 Å². The Morgan fingerprint density at radius 3 is 1.52 bits per heavy atom. The van der Waals surface area contributed by atoms with Gasteiger partial charge in [-0.1, -0.05) is 72.8 Å². The second-order valence-corrected chi connectivity index (χ2v) is 20.7. The molecule has 0 aliphatic heterocycles. The molecule has 0 aliphatic rings. The van der Waals surface area contributed by atoms with Crippen molar-refractivity contribution in [3.63, 3.8) is 0 Å². The highest BCUT2D eigenvalue weighted by Crippen LogP contribution is 2.28. The Hall–Kier alpha value is -8.65. The maximum Gasteiger partial charge on any atom is 0.341 e. The largest absolute Gasteiger partial charge is 0.462 e. The number of halogens is 2. The molecule has 4 heterocycles. The van der Waals surface area contributed by atoms with Crippen LogP contribution in [-0.2, 0) is 30.7 Å². The number of esters is 1. The first-order valence-electron chi connectivity index (χ1n) is 24.3. The maximum atomic E-state index is 13.5. The summed E-state index contributed by atoms with van der Waals surface area (Å²) in [5.41, 5.74) is 14.3. The molecule has 13 nitrogen and oxygen atoms in total. The Bertz CT molecular complexity index is 3170. The van der Waals surface area contributed by atoms with Gasteiger partial charge < -0.3 is 26.4 Å². The molecule has 0 radical (unpaired) electrons. The molecule has 75 heavy (non-hydrogen) atoms. The van der Waals surface area contributed by atoms with E-state index >= 15 is 0 Å². The zero-order valence-electron chi connectivity index (χ0n) is 42.4. The number of carbonyl (C=O) groups excluding carboxylic acids is 2. The lowest BCUT2D eigenvalue weighted by Crippen LogP contribution is -2.24. The van der Waals surface area contributed by atoms with Crippen LogP contribution in [0.25, 0.3) is 22.5 Å². The summed E-state index contributed by atoms with van der Waals surface area (Å²) in [6, 6.07) is 42.5. The van der Waals surface area contributed by atoms with Crippen molar-refractivity contribution >= 4 is 37.4 Å². The highest BCUT2D eigenvalue weighted by molar-refractivity contribution is 6.54. The molecular formula is C59H59AlF2N10O3. The number of nitriles is 2. The van der Waals surface area contributed by atoms with Crippen LogP contribution in [0.5, 0.6) is 0 Å². The molecule has 380 valence electrons. The number of rotatable bonds is 16. The first-order valence-corrected chi connectivity index (χ1v) is 27.8. The highest BCUT2D eigenvalue weighted by atomic mass is 27.2. The molecule has 8 aromatic rings. The van der Waals surface area contributed by atoms with Crippen molar-refractivity contribution in [3.8, 4) is 34.7 Å². The number of benzene rings is 4. The van der Waals surface area contributed by atoms with E-state index in [0.29, 0.717) is 95.2 Å². The van der Waals surface area contributed by atoms with Crippen LogP contribution in [0.15, 0.2) is 171 Å². The minimum absolute atomic E-state index is 0.139. The fourth-order valence-corrected chi connectivity index (χ4v) is 7.03. The van der Waals surface area contributed by atoms with Crippen molar-refractivity contribution in [2.45, 2.75) is 50.2 Å². The number of carbonyl (C=O) groups is 2. The molecule has 0 unspecified atom stereocenters. The van der Waals surface area contributed by atoms with E-state index in [4.69, 9.17) is 10.5 Å². The number of hydrogen-bond acceptors (Lipinski definition) is 12. The van der Waals surface area contributed by atoms with E-state index in [0.717, 1.165) is 22.3 Å². The number of hydrogen-bond donors (Lipinski definition) is 4. The zero-order valence-corrected chi connectivity index (χ0v) is 43.6. The number of amides is 1. The van der Waals surface area contributed by atoms with E-state index in [2.05, 4.69) is 65.4 Å². The number of aromatic nitrogens is 4. The minimum Gasteiger partial charge on any atom is -0.462 e. The molecule has 0 fully saturated rings. The summed E-state index contributed by atoms with van der Waals surface area (Å²) in [7, 11) is 0. The van der Waals surface area contributed by atoms with Crippen LogP contribution in [-0.4, -0.2) is 65.7 Å². The molecule has 8 rings (SSSR count). The zero-order chi connectivity index (χ0) is 53.8. The Morgan fingerprint density at radius 1 is 0.613 bits per heavy atom. The fourth-order valence-electron chi connectivity index (χ4n) is 7.03. The van der Waals surface area contributed by atoms with Crippen LogP contribution in [0, 0.1) is 34.3 Å². The van der Waals surface area contributed by atoms with Crippen molar-refractivity contribution in [2.75, 3.05) is 30.3 Å². The van der Waals surface area contributed by atoms with Gasteiger partial charge in [0.25, 0.3) is 20.1 Å². The van der Waals surface area contributed by atoms with Crippen molar-refractivity contribution in [1.29, 1.82) is 10.5 Å². The van der Waals surface area contributed by atoms with Crippen molar-refractivity contribution < 1.29 is 23.1 Å². The van der Waals surface area contributed by atoms with Crippen LogP contribution >= 0.6 is 0 Å². The van der Waals surface area contributed by atoms with Crippen LogP contribution in [0.2, 0.25) is 17.4 Å². The lowest BCUT2D eigenvalue weighted by Gasteiger charge is -2.14. The summed E-state index contributed by atoms with van der Waals surface area (Å²) in [5.74, 6) is 5.58. The number of nitrogens with zero attached hydrogens (tertiary/aromatic N) is 6. The number of nitrogens with one attached hydrogen (secondary N) is 3. The third kappa shape index (κ3) is 19.0. The number of nitrogens with two attached hydrogens (primary N) is 1. The molecule has 16 heteroatoms. The van der Waals surface area contributed by atoms with Gasteiger partial charge in [-0.05, 0) is 103 Å². The summed E-state index contributed by atoms with van der Waals surface area (Å²) >= 11 is -0.139. The molecule has 0 atom stereocenters. The lowest BCUT2D eigenvalue weighted by molar-refractivity contribution is 0.0526. The molecule has 4 aromatic heterocycles. The molecule has 4 aromatic carbocycles. The van der Waals surface area contributed by atoms with Gasteiger partial charge in [0.1, 0.15) is 17.2 Å². The lowest BCUT2D eigenvalue weighted by atomic mass is 10.0. The standard InChI is InChI=1S/C27H22FN5O.C23H20FN3O2.C6H8N2.3CH3.Al/c28-22-8-3-5-19(13-22)10-12-31-26-14-25(23-9-2-1-7-21(23)15-29)32-18-24(26)27(34)33-17-20-6-4-11-30-16-20;1-2-29-23(28)20-15-27-21(19-9-4-3-7-17(19)14-25)13-22(20)26-11-10-16-6-5-8-18(24)12-16;7-4-6-2-1-3-8-5-6;;;;/h1-9,11,13-14,16,18H,10,12,17H2,(H,31,32)(H,33,34);3-9,12-13,15H,2,10-11H2,1H3,(H,26,27);1-3,5H,4,7H2;3*1H3;. The average Bonchev–Trinajstić information content (AvgIpc) is 3.43. The quantitative estimate of drug-likeness (QED) is 0.0527. The van der Waals surface area contributed by atoms with Gasteiger partial charge in [0, 0.05) is 74.5 Å². The predicted molar refractivity (Wildman–Crippen MR) is 293 cm³/mol. The Balaban J connectivity index is 0.000000229. The summed E-state index contributed by atoms with van der Waals surface area (Å²) in [4.78, 5) is 42.0. The van der Waals surface area contributed by atoms with Gasteiger partial charge in [0.05, 0.1) is 58.2 Å². The molecule has 0 aliphatic carbocycles. The van der Waals surface area contributed by atoms with E-state index in [1.807, 2.05) is 54.6 Å². The smallest absolute Gasteiger partial charge is 0.341 e. The Morgan fingerprint density at radius 2 is 1.08 bits per heavy atom. The Kier molecular flexibility index (Phi) is 23.7. The number of ether oxygens (including phenoxy) is 1. The molecule has 1 amide bonds. The fraction of sp³-hybridized carbons (Fsp3) is 0.186. The van der Waals surface area contributed by atoms with Gasteiger partial charge in [-0.3, -0.25) is 24.7 Å². The second-order valence-electron chi connectivity index (χ2n) is 17.2. The predicted octanol–water partition coefficient (Wildman–Crippen LogP) is 11.2.